The van der Waals surface area contributed by atoms with Gasteiger partial charge in [-0.1, -0.05) is 0 Å². The van der Waals surface area contributed by atoms with Gasteiger partial charge in [0, 0.05) is 69.5 Å². The molecule has 1 aromatic carbocycles. The Morgan fingerprint density at radius 3 is 2.17 bits per heavy atom. The molecule has 3 rings (SSSR count). The average molecular weight is 396 g/mol. The number of pyridine rings is 1. The van der Waals surface area contributed by atoms with Crippen LogP contribution in [0.2, 0.25) is 0 Å². The molecule has 1 aromatic heterocycles. The maximum atomic E-state index is 12.8. The van der Waals surface area contributed by atoms with E-state index in [1.54, 1.807) is 29.0 Å². The van der Waals surface area contributed by atoms with Crippen LogP contribution in [0.15, 0.2) is 42.6 Å². The minimum absolute atomic E-state index is 0.0495. The Hall–Kier alpha value is -3.09. The van der Waals surface area contributed by atoms with Gasteiger partial charge in [-0.2, -0.15) is 0 Å². The van der Waals surface area contributed by atoms with Gasteiger partial charge in [-0.3, -0.25) is 14.6 Å². The minimum atomic E-state index is -0.103. The second kappa shape index (κ2) is 9.41. The lowest BCUT2D eigenvalue weighted by Crippen LogP contribution is -2.50. The largest absolute Gasteiger partial charge is 0.372 e. The van der Waals surface area contributed by atoms with E-state index in [2.05, 4.69) is 41.2 Å². The highest BCUT2D eigenvalue weighted by molar-refractivity contribution is 5.93. The molecular formula is C22H29N5O2. The van der Waals surface area contributed by atoms with Gasteiger partial charge < -0.3 is 20.0 Å². The molecule has 2 aromatic rings. The Morgan fingerprint density at radius 2 is 1.59 bits per heavy atom. The number of rotatable bonds is 6. The zero-order valence-corrected chi connectivity index (χ0v) is 17.4. The number of carbonyl (C=O) groups excluding carboxylic acids is 2. The molecule has 0 spiro atoms. The summed E-state index contributed by atoms with van der Waals surface area (Å²) in [4.78, 5) is 34.3. The van der Waals surface area contributed by atoms with Crippen LogP contribution in [0.3, 0.4) is 0 Å². The average Bonchev–Trinajstić information content (AvgIpc) is 2.75. The Labute approximate surface area is 172 Å². The number of carbonyl (C=O) groups is 2. The number of anilines is 3. The molecule has 0 bridgehead atoms. The third-order valence-corrected chi connectivity index (χ3v) is 5.28. The number of piperazine rings is 1. The van der Waals surface area contributed by atoms with Gasteiger partial charge in [0.1, 0.15) is 5.69 Å². The third kappa shape index (κ3) is 5.04. The summed E-state index contributed by atoms with van der Waals surface area (Å²) in [5.41, 5.74) is 3.38. The summed E-state index contributed by atoms with van der Waals surface area (Å²) in [6.45, 7) is 9.99. The molecule has 1 N–H and O–H groups in total. The Balaban J connectivity index is 1.65. The van der Waals surface area contributed by atoms with Crippen molar-refractivity contribution < 1.29 is 9.59 Å². The molecular weight excluding hydrogens is 366 g/mol. The summed E-state index contributed by atoms with van der Waals surface area (Å²) in [6.07, 6.45) is 1.64. The topological polar surface area (TPSA) is 68.8 Å². The summed E-state index contributed by atoms with van der Waals surface area (Å²) < 4.78 is 0. The smallest absolute Gasteiger partial charge is 0.272 e. The van der Waals surface area contributed by atoms with Crippen molar-refractivity contribution in [3.63, 3.8) is 0 Å². The van der Waals surface area contributed by atoms with E-state index in [-0.39, 0.29) is 11.8 Å². The standard InChI is InChI=1S/C22H29N5O2/c1-4-25(5-2)20-8-6-18(7-9-20)24-19-10-11-23-21(16-19)22(29)27-14-12-26(13-15-27)17(3)28/h6-11,16H,4-5,12-15H2,1-3H3,(H,23,24). The first kappa shape index (κ1) is 20.6. The lowest BCUT2D eigenvalue weighted by Gasteiger charge is -2.34. The SMILES string of the molecule is CCN(CC)c1ccc(Nc2ccnc(C(=O)N3CCN(C(C)=O)CC3)c2)cc1. The second-order valence-corrected chi connectivity index (χ2v) is 7.07. The van der Waals surface area contributed by atoms with Crippen LogP contribution in [0.4, 0.5) is 17.1 Å². The summed E-state index contributed by atoms with van der Waals surface area (Å²) in [5, 5.41) is 3.34. The van der Waals surface area contributed by atoms with Crippen LogP contribution >= 0.6 is 0 Å². The number of benzene rings is 1. The van der Waals surface area contributed by atoms with E-state index in [1.807, 2.05) is 18.2 Å². The Bertz CT molecular complexity index is 841. The molecule has 29 heavy (non-hydrogen) atoms. The van der Waals surface area contributed by atoms with Gasteiger partial charge in [-0.25, -0.2) is 0 Å². The molecule has 0 unspecified atom stereocenters. The molecule has 1 aliphatic rings. The fraction of sp³-hybridized carbons (Fsp3) is 0.409. The van der Waals surface area contributed by atoms with E-state index in [4.69, 9.17) is 0 Å². The fourth-order valence-corrected chi connectivity index (χ4v) is 3.52. The molecule has 0 radical (unpaired) electrons. The van der Waals surface area contributed by atoms with Crippen LogP contribution < -0.4 is 10.2 Å². The van der Waals surface area contributed by atoms with E-state index in [9.17, 15) is 9.59 Å². The Kier molecular flexibility index (Phi) is 6.69. The van der Waals surface area contributed by atoms with E-state index >= 15 is 0 Å². The van der Waals surface area contributed by atoms with Crippen molar-refractivity contribution in [3.05, 3.63) is 48.3 Å². The molecule has 0 saturated carbocycles. The van der Waals surface area contributed by atoms with E-state index in [0.29, 0.717) is 31.9 Å². The highest BCUT2D eigenvalue weighted by Gasteiger charge is 2.24. The molecule has 1 aliphatic heterocycles. The predicted molar refractivity (Wildman–Crippen MR) is 116 cm³/mol. The molecule has 2 heterocycles. The zero-order valence-electron chi connectivity index (χ0n) is 17.4. The predicted octanol–water partition coefficient (Wildman–Crippen LogP) is 2.98. The fourth-order valence-electron chi connectivity index (χ4n) is 3.52. The number of amides is 2. The van der Waals surface area contributed by atoms with Crippen molar-refractivity contribution >= 4 is 28.9 Å². The normalized spacial score (nSPS) is 13.9. The van der Waals surface area contributed by atoms with Crippen LogP contribution in [0.1, 0.15) is 31.3 Å². The van der Waals surface area contributed by atoms with Gasteiger partial charge in [0.15, 0.2) is 0 Å². The van der Waals surface area contributed by atoms with Crippen molar-refractivity contribution in [3.8, 4) is 0 Å². The maximum Gasteiger partial charge on any atom is 0.272 e. The lowest BCUT2D eigenvalue weighted by molar-refractivity contribution is -0.130. The molecule has 2 amide bonds. The number of nitrogens with one attached hydrogen (secondary N) is 1. The monoisotopic (exact) mass is 395 g/mol. The first-order chi connectivity index (χ1) is 14.0. The lowest BCUT2D eigenvalue weighted by atomic mass is 10.2. The van der Waals surface area contributed by atoms with E-state index in [1.165, 1.54) is 5.69 Å². The van der Waals surface area contributed by atoms with Crippen LogP contribution in [-0.4, -0.2) is 65.9 Å². The highest BCUT2D eigenvalue weighted by Crippen LogP contribution is 2.22. The Morgan fingerprint density at radius 1 is 0.966 bits per heavy atom. The molecule has 7 heteroatoms. The first-order valence-electron chi connectivity index (χ1n) is 10.1. The van der Waals surface area contributed by atoms with Gasteiger partial charge in [-0.15, -0.1) is 0 Å². The van der Waals surface area contributed by atoms with Gasteiger partial charge in [0.2, 0.25) is 5.91 Å². The molecule has 0 atom stereocenters. The number of hydrogen-bond donors (Lipinski definition) is 1. The first-order valence-corrected chi connectivity index (χ1v) is 10.1. The number of aromatic nitrogens is 1. The van der Waals surface area contributed by atoms with Crippen molar-refractivity contribution in [1.82, 2.24) is 14.8 Å². The quantitative estimate of drug-likeness (QED) is 0.814. The van der Waals surface area contributed by atoms with Gasteiger partial charge in [0.05, 0.1) is 0 Å². The molecule has 7 nitrogen and oxygen atoms in total. The summed E-state index contributed by atoms with van der Waals surface area (Å²) >= 11 is 0. The van der Waals surface area contributed by atoms with Crippen LogP contribution in [0, 0.1) is 0 Å². The van der Waals surface area contributed by atoms with E-state index < -0.39 is 0 Å². The van der Waals surface area contributed by atoms with Crippen molar-refractivity contribution in [2.24, 2.45) is 0 Å². The van der Waals surface area contributed by atoms with Crippen LogP contribution in [-0.2, 0) is 4.79 Å². The maximum absolute atomic E-state index is 12.8. The van der Waals surface area contributed by atoms with E-state index in [0.717, 1.165) is 24.5 Å². The summed E-state index contributed by atoms with van der Waals surface area (Å²) in [6, 6.07) is 11.9. The number of nitrogens with zero attached hydrogens (tertiary/aromatic N) is 4. The van der Waals surface area contributed by atoms with Crippen LogP contribution in [0.25, 0.3) is 0 Å². The highest BCUT2D eigenvalue weighted by atomic mass is 16.2. The second-order valence-electron chi connectivity index (χ2n) is 7.07. The number of hydrogen-bond acceptors (Lipinski definition) is 5. The van der Waals surface area contributed by atoms with Crippen LogP contribution in [0.5, 0.6) is 0 Å². The molecule has 1 saturated heterocycles. The van der Waals surface area contributed by atoms with Gasteiger partial charge in [-0.05, 0) is 50.2 Å². The molecule has 154 valence electrons. The molecule has 0 aliphatic carbocycles. The summed E-state index contributed by atoms with van der Waals surface area (Å²) in [5.74, 6) is -0.0535. The summed E-state index contributed by atoms with van der Waals surface area (Å²) in [7, 11) is 0. The minimum Gasteiger partial charge on any atom is -0.372 e. The van der Waals surface area contributed by atoms with Gasteiger partial charge >= 0.3 is 0 Å². The zero-order chi connectivity index (χ0) is 20.8. The van der Waals surface area contributed by atoms with Crippen molar-refractivity contribution in [1.29, 1.82) is 0 Å². The van der Waals surface area contributed by atoms with Crippen molar-refractivity contribution in [2.75, 3.05) is 49.5 Å². The van der Waals surface area contributed by atoms with Gasteiger partial charge in [0.25, 0.3) is 5.91 Å². The van der Waals surface area contributed by atoms with Crippen molar-refractivity contribution in [2.45, 2.75) is 20.8 Å². The third-order valence-electron chi connectivity index (χ3n) is 5.28. The molecule has 1 fully saturated rings.